The number of aromatic nitrogens is 3. The molecule has 2 heterocycles. The molecule has 0 atom stereocenters. The summed E-state index contributed by atoms with van der Waals surface area (Å²) in [5.41, 5.74) is 1.82. The number of nitrogens with one attached hydrogen (secondary N) is 1. The number of piperazine rings is 1. The van der Waals surface area contributed by atoms with Crippen LogP contribution < -0.4 is 10.2 Å². The molecule has 26 heavy (non-hydrogen) atoms. The van der Waals surface area contributed by atoms with Gasteiger partial charge in [0.2, 0.25) is 5.95 Å². The van der Waals surface area contributed by atoms with E-state index < -0.39 is 0 Å². The summed E-state index contributed by atoms with van der Waals surface area (Å²) in [6.07, 6.45) is 2.25. The van der Waals surface area contributed by atoms with Gasteiger partial charge in [-0.25, -0.2) is 0 Å². The second-order valence-electron chi connectivity index (χ2n) is 7.09. The van der Waals surface area contributed by atoms with Crippen molar-refractivity contribution in [1.82, 2.24) is 19.7 Å². The molecular weight excluding hydrogens is 328 g/mol. The van der Waals surface area contributed by atoms with Crippen LogP contribution in [-0.4, -0.2) is 58.3 Å². The van der Waals surface area contributed by atoms with E-state index in [4.69, 9.17) is 0 Å². The number of amides is 1. The largest absolute Gasteiger partial charge is 0.369 e. The lowest BCUT2D eigenvalue weighted by Gasteiger charge is -2.35. The van der Waals surface area contributed by atoms with E-state index >= 15 is 0 Å². The van der Waals surface area contributed by atoms with Crippen molar-refractivity contribution in [2.75, 3.05) is 42.9 Å². The summed E-state index contributed by atoms with van der Waals surface area (Å²) in [4.78, 5) is 17.4. The molecule has 1 aromatic heterocycles. The Morgan fingerprint density at radius 3 is 2.42 bits per heavy atom. The first-order valence-corrected chi connectivity index (χ1v) is 9.46. The summed E-state index contributed by atoms with van der Waals surface area (Å²) in [6, 6.07) is 8.29. The minimum atomic E-state index is -0.137. The molecule has 0 unspecified atom stereocenters. The van der Waals surface area contributed by atoms with E-state index in [1.165, 1.54) is 5.69 Å². The topological polar surface area (TPSA) is 66.3 Å². The van der Waals surface area contributed by atoms with E-state index in [1.807, 2.05) is 35.8 Å². The molecule has 138 valence electrons. The van der Waals surface area contributed by atoms with Crippen LogP contribution in [0.25, 0.3) is 0 Å². The number of nitrogens with zero attached hydrogens (tertiary/aromatic N) is 5. The van der Waals surface area contributed by atoms with Crippen molar-refractivity contribution in [3.05, 3.63) is 35.7 Å². The van der Waals surface area contributed by atoms with Crippen molar-refractivity contribution in [2.24, 2.45) is 0 Å². The summed E-state index contributed by atoms with van der Waals surface area (Å²) in [7, 11) is 0. The second-order valence-corrected chi connectivity index (χ2v) is 7.09. The molecule has 1 aliphatic heterocycles. The quantitative estimate of drug-likeness (QED) is 0.893. The summed E-state index contributed by atoms with van der Waals surface area (Å²) in [5.74, 6) is 1.26. The van der Waals surface area contributed by atoms with Crippen molar-refractivity contribution < 1.29 is 4.79 Å². The molecule has 1 aliphatic carbocycles. The highest BCUT2D eigenvalue weighted by molar-refractivity contribution is 6.03. The lowest BCUT2D eigenvalue weighted by molar-refractivity contribution is 0.102. The first-order valence-electron chi connectivity index (χ1n) is 9.46. The monoisotopic (exact) mass is 354 g/mol. The number of benzene rings is 1. The summed E-state index contributed by atoms with van der Waals surface area (Å²) >= 11 is 0. The smallest absolute Gasteiger partial charge is 0.258 e. The van der Waals surface area contributed by atoms with Crippen LogP contribution in [0.3, 0.4) is 0 Å². The molecule has 2 aliphatic rings. The summed E-state index contributed by atoms with van der Waals surface area (Å²) in [6.45, 7) is 9.48. The zero-order valence-corrected chi connectivity index (χ0v) is 15.5. The van der Waals surface area contributed by atoms with Gasteiger partial charge in [0.05, 0.1) is 0 Å². The minimum Gasteiger partial charge on any atom is -0.369 e. The number of carbonyl (C=O) groups is 1. The third-order valence-electron chi connectivity index (χ3n) is 5.32. The van der Waals surface area contributed by atoms with E-state index in [1.54, 1.807) is 0 Å². The van der Waals surface area contributed by atoms with Gasteiger partial charge in [-0.2, -0.15) is 0 Å². The molecule has 7 heteroatoms. The molecule has 0 bridgehead atoms. The van der Waals surface area contributed by atoms with Crippen molar-refractivity contribution in [3.63, 3.8) is 0 Å². The zero-order valence-electron chi connectivity index (χ0n) is 15.5. The standard InChI is InChI=1S/C19H26N6O/c1-3-23-10-12-24(13-11-23)16-6-4-15(5-7-16)18(26)20-19-22-21-14(2)25(19)17-8-9-17/h4-7,17H,3,8-13H2,1-2H3,(H,20,22,26). The molecule has 1 saturated heterocycles. The summed E-state index contributed by atoms with van der Waals surface area (Å²) in [5, 5.41) is 11.1. The van der Waals surface area contributed by atoms with Gasteiger partial charge in [0.15, 0.2) is 0 Å². The first kappa shape index (κ1) is 17.0. The van der Waals surface area contributed by atoms with Gasteiger partial charge in [-0.3, -0.25) is 14.7 Å². The lowest BCUT2D eigenvalue weighted by atomic mass is 10.1. The molecule has 0 spiro atoms. The normalized spacial score (nSPS) is 18.2. The Balaban J connectivity index is 1.41. The lowest BCUT2D eigenvalue weighted by Crippen LogP contribution is -2.46. The van der Waals surface area contributed by atoms with Crippen LogP contribution in [0, 0.1) is 6.92 Å². The van der Waals surface area contributed by atoms with E-state index in [-0.39, 0.29) is 5.91 Å². The number of hydrogen-bond acceptors (Lipinski definition) is 5. The Kier molecular flexibility index (Phi) is 4.63. The van der Waals surface area contributed by atoms with Crippen LogP contribution in [0.2, 0.25) is 0 Å². The van der Waals surface area contributed by atoms with Crippen LogP contribution in [0.5, 0.6) is 0 Å². The van der Waals surface area contributed by atoms with Crippen LogP contribution in [0.1, 0.15) is 42.0 Å². The Morgan fingerprint density at radius 2 is 1.81 bits per heavy atom. The Hall–Kier alpha value is -2.41. The predicted molar refractivity (Wildman–Crippen MR) is 102 cm³/mol. The molecule has 7 nitrogen and oxygen atoms in total. The Morgan fingerprint density at radius 1 is 1.12 bits per heavy atom. The van der Waals surface area contributed by atoms with Crippen LogP contribution >= 0.6 is 0 Å². The van der Waals surface area contributed by atoms with Crippen LogP contribution in [-0.2, 0) is 0 Å². The zero-order chi connectivity index (χ0) is 18.1. The molecular formula is C19H26N6O. The molecule has 4 rings (SSSR count). The van der Waals surface area contributed by atoms with Gasteiger partial charge in [0.1, 0.15) is 5.82 Å². The maximum atomic E-state index is 12.6. The van der Waals surface area contributed by atoms with Crippen LogP contribution in [0.15, 0.2) is 24.3 Å². The number of hydrogen-bond donors (Lipinski definition) is 1. The molecule has 1 aromatic carbocycles. The van der Waals surface area contributed by atoms with Crippen molar-refractivity contribution in [3.8, 4) is 0 Å². The highest BCUT2D eigenvalue weighted by atomic mass is 16.1. The van der Waals surface area contributed by atoms with Gasteiger partial charge >= 0.3 is 0 Å². The van der Waals surface area contributed by atoms with Gasteiger partial charge in [-0.1, -0.05) is 6.92 Å². The predicted octanol–water partition coefficient (Wildman–Crippen LogP) is 2.32. The fourth-order valence-electron chi connectivity index (χ4n) is 3.54. The van der Waals surface area contributed by atoms with Crippen molar-refractivity contribution >= 4 is 17.5 Å². The highest BCUT2D eigenvalue weighted by Crippen LogP contribution is 2.37. The summed E-state index contributed by atoms with van der Waals surface area (Å²) < 4.78 is 2.03. The number of anilines is 2. The average molecular weight is 354 g/mol. The van der Waals surface area contributed by atoms with Gasteiger partial charge in [0.25, 0.3) is 5.91 Å². The number of carbonyl (C=O) groups excluding carboxylic acids is 1. The molecule has 1 amide bonds. The Labute approximate surface area is 154 Å². The van der Waals surface area contributed by atoms with Gasteiger partial charge in [-0.05, 0) is 50.6 Å². The van der Waals surface area contributed by atoms with Gasteiger partial charge in [0, 0.05) is 43.5 Å². The number of likely N-dealkylation sites (N-methyl/N-ethyl adjacent to an activating group) is 1. The minimum absolute atomic E-state index is 0.137. The number of aryl methyl sites for hydroxylation is 1. The average Bonchev–Trinajstić information content (AvgIpc) is 3.45. The fourth-order valence-corrected chi connectivity index (χ4v) is 3.54. The maximum absolute atomic E-state index is 12.6. The van der Waals surface area contributed by atoms with E-state index in [0.29, 0.717) is 17.6 Å². The van der Waals surface area contributed by atoms with E-state index in [0.717, 1.165) is 51.4 Å². The first-order chi connectivity index (χ1) is 12.7. The van der Waals surface area contributed by atoms with Crippen molar-refractivity contribution in [2.45, 2.75) is 32.7 Å². The molecule has 2 aromatic rings. The SMILES string of the molecule is CCN1CCN(c2ccc(C(=O)Nc3nnc(C)n3C3CC3)cc2)CC1. The van der Waals surface area contributed by atoms with Crippen LogP contribution in [0.4, 0.5) is 11.6 Å². The van der Waals surface area contributed by atoms with Crippen molar-refractivity contribution in [1.29, 1.82) is 0 Å². The molecule has 1 N–H and O–H groups in total. The van der Waals surface area contributed by atoms with Gasteiger partial charge < -0.3 is 9.80 Å². The number of rotatable bonds is 5. The molecule has 2 fully saturated rings. The molecule has 0 radical (unpaired) electrons. The van der Waals surface area contributed by atoms with E-state index in [2.05, 4.69) is 32.2 Å². The maximum Gasteiger partial charge on any atom is 0.258 e. The second kappa shape index (κ2) is 7.07. The van der Waals surface area contributed by atoms with E-state index in [9.17, 15) is 4.79 Å². The fraction of sp³-hybridized carbons (Fsp3) is 0.526. The molecule has 1 saturated carbocycles. The highest BCUT2D eigenvalue weighted by Gasteiger charge is 2.29. The Bertz CT molecular complexity index is 772. The third kappa shape index (κ3) is 3.44. The van der Waals surface area contributed by atoms with Gasteiger partial charge in [-0.15, -0.1) is 10.2 Å². The third-order valence-corrected chi connectivity index (χ3v) is 5.32.